The van der Waals surface area contributed by atoms with Crippen molar-refractivity contribution < 1.29 is 14.3 Å². The quantitative estimate of drug-likeness (QED) is 0.695. The van der Waals surface area contributed by atoms with Crippen LogP contribution in [0.4, 0.5) is 0 Å². The van der Waals surface area contributed by atoms with Gasteiger partial charge in [-0.25, -0.2) is 0 Å². The lowest BCUT2D eigenvalue weighted by atomic mass is 10.0. The van der Waals surface area contributed by atoms with Crippen LogP contribution in [0.3, 0.4) is 0 Å². The van der Waals surface area contributed by atoms with Gasteiger partial charge in [-0.3, -0.25) is 0 Å². The molecule has 0 saturated heterocycles. The fourth-order valence-corrected chi connectivity index (χ4v) is 1.64. The first-order valence-corrected chi connectivity index (χ1v) is 4.88. The van der Waals surface area contributed by atoms with Gasteiger partial charge < -0.3 is 14.3 Å². The number of benzene rings is 1. The zero-order valence-electron chi connectivity index (χ0n) is 9.37. The van der Waals surface area contributed by atoms with Crippen LogP contribution in [0.5, 0.6) is 11.5 Å². The number of methoxy groups -OCH3 is 2. The van der Waals surface area contributed by atoms with Crippen molar-refractivity contribution in [3.8, 4) is 11.5 Å². The summed E-state index contributed by atoms with van der Waals surface area (Å²) in [5.41, 5.74) is 2.09. The summed E-state index contributed by atoms with van der Waals surface area (Å²) in [6.07, 6.45) is 2.11. The van der Waals surface area contributed by atoms with Gasteiger partial charge >= 0.3 is 0 Å². The Morgan fingerprint density at radius 2 is 1.80 bits per heavy atom. The average Bonchev–Trinajstić information content (AvgIpc) is 2.27. The van der Waals surface area contributed by atoms with Crippen molar-refractivity contribution in [2.45, 2.75) is 19.8 Å². The highest BCUT2D eigenvalue weighted by Crippen LogP contribution is 2.30. The zero-order valence-corrected chi connectivity index (χ0v) is 9.37. The fourth-order valence-electron chi connectivity index (χ4n) is 1.64. The molecule has 0 radical (unpaired) electrons. The van der Waals surface area contributed by atoms with Gasteiger partial charge in [0.15, 0.2) is 0 Å². The maximum absolute atomic E-state index is 10.4. The Bertz CT molecular complexity index is 345. The Hall–Kier alpha value is -1.51. The van der Waals surface area contributed by atoms with Crippen molar-refractivity contribution in [1.82, 2.24) is 0 Å². The molecule has 0 unspecified atom stereocenters. The van der Waals surface area contributed by atoms with Gasteiger partial charge in [0.05, 0.1) is 14.2 Å². The van der Waals surface area contributed by atoms with Crippen LogP contribution < -0.4 is 9.47 Å². The fraction of sp³-hybridized carbons (Fsp3) is 0.417. The van der Waals surface area contributed by atoms with Crippen molar-refractivity contribution in [1.29, 1.82) is 0 Å². The second-order valence-corrected chi connectivity index (χ2v) is 3.28. The monoisotopic (exact) mass is 208 g/mol. The number of ether oxygens (including phenoxy) is 2. The molecule has 0 aromatic heterocycles. The van der Waals surface area contributed by atoms with Crippen molar-refractivity contribution in [3.63, 3.8) is 0 Å². The van der Waals surface area contributed by atoms with E-state index < -0.39 is 0 Å². The highest BCUT2D eigenvalue weighted by Gasteiger charge is 2.10. The molecular formula is C12H16O3. The Morgan fingerprint density at radius 1 is 1.20 bits per heavy atom. The molecule has 0 aliphatic carbocycles. The molecule has 0 aliphatic rings. The van der Waals surface area contributed by atoms with Gasteiger partial charge in [-0.1, -0.05) is 0 Å². The summed E-state index contributed by atoms with van der Waals surface area (Å²) < 4.78 is 10.5. The third-order valence-electron chi connectivity index (χ3n) is 2.46. The summed E-state index contributed by atoms with van der Waals surface area (Å²) in [4.78, 5) is 10.4. The molecule has 82 valence electrons. The van der Waals surface area contributed by atoms with Crippen LogP contribution >= 0.6 is 0 Å². The first kappa shape index (κ1) is 11.6. The molecule has 1 aromatic rings. The Labute approximate surface area is 90.0 Å². The van der Waals surface area contributed by atoms with Crippen LogP contribution in [-0.4, -0.2) is 20.5 Å². The van der Waals surface area contributed by atoms with Gasteiger partial charge in [0.2, 0.25) is 0 Å². The number of hydrogen-bond donors (Lipinski definition) is 0. The Morgan fingerprint density at radius 3 is 2.33 bits per heavy atom. The molecule has 3 heteroatoms. The molecule has 0 bridgehead atoms. The first-order valence-electron chi connectivity index (χ1n) is 4.88. The summed E-state index contributed by atoms with van der Waals surface area (Å²) in [5, 5.41) is 0. The molecule has 1 rings (SSSR count). The van der Waals surface area contributed by atoms with Gasteiger partial charge in [-0.2, -0.15) is 0 Å². The van der Waals surface area contributed by atoms with Crippen LogP contribution in [0, 0.1) is 6.92 Å². The summed E-state index contributed by atoms with van der Waals surface area (Å²) in [5.74, 6) is 1.65. The van der Waals surface area contributed by atoms with Crippen LogP contribution in [0.1, 0.15) is 17.5 Å². The number of carbonyl (C=O) groups is 1. The van der Waals surface area contributed by atoms with E-state index >= 15 is 0 Å². The Balaban J connectivity index is 3.10. The van der Waals surface area contributed by atoms with Crippen molar-refractivity contribution in [2.24, 2.45) is 0 Å². The highest BCUT2D eigenvalue weighted by atomic mass is 16.5. The maximum atomic E-state index is 10.4. The number of aldehydes is 1. The summed E-state index contributed by atoms with van der Waals surface area (Å²) in [6.45, 7) is 1.97. The second-order valence-electron chi connectivity index (χ2n) is 3.28. The van der Waals surface area contributed by atoms with E-state index in [1.807, 2.05) is 19.1 Å². The lowest BCUT2D eigenvalue weighted by molar-refractivity contribution is -0.107. The maximum Gasteiger partial charge on any atom is 0.122 e. The molecule has 0 fully saturated rings. The molecule has 0 saturated carbocycles. The van der Waals surface area contributed by atoms with Crippen LogP contribution in [-0.2, 0) is 11.2 Å². The molecule has 0 N–H and O–H groups in total. The molecule has 0 atom stereocenters. The third-order valence-corrected chi connectivity index (χ3v) is 2.46. The van der Waals surface area contributed by atoms with E-state index in [1.54, 1.807) is 14.2 Å². The van der Waals surface area contributed by atoms with Crippen molar-refractivity contribution in [3.05, 3.63) is 23.3 Å². The predicted molar refractivity (Wildman–Crippen MR) is 58.7 cm³/mol. The van der Waals surface area contributed by atoms with Gasteiger partial charge in [0.25, 0.3) is 0 Å². The summed E-state index contributed by atoms with van der Waals surface area (Å²) >= 11 is 0. The average molecular weight is 208 g/mol. The third kappa shape index (κ3) is 2.49. The highest BCUT2D eigenvalue weighted by molar-refractivity contribution is 5.53. The number of rotatable bonds is 5. The molecule has 15 heavy (non-hydrogen) atoms. The van der Waals surface area contributed by atoms with Gasteiger partial charge in [-0.15, -0.1) is 0 Å². The van der Waals surface area contributed by atoms with Crippen molar-refractivity contribution >= 4 is 6.29 Å². The second kappa shape index (κ2) is 5.39. The van der Waals surface area contributed by atoms with E-state index in [0.717, 1.165) is 28.9 Å². The molecule has 0 aliphatic heterocycles. The lowest BCUT2D eigenvalue weighted by Crippen LogP contribution is -1.98. The number of hydrogen-bond acceptors (Lipinski definition) is 3. The van der Waals surface area contributed by atoms with Gasteiger partial charge in [0.1, 0.15) is 17.8 Å². The minimum Gasteiger partial charge on any atom is -0.496 e. The molecular weight excluding hydrogens is 192 g/mol. The molecule has 0 amide bonds. The van der Waals surface area contributed by atoms with E-state index in [-0.39, 0.29) is 0 Å². The zero-order chi connectivity index (χ0) is 11.3. The largest absolute Gasteiger partial charge is 0.496 e. The van der Waals surface area contributed by atoms with E-state index in [1.165, 1.54) is 0 Å². The van der Waals surface area contributed by atoms with E-state index in [0.29, 0.717) is 12.8 Å². The van der Waals surface area contributed by atoms with Gasteiger partial charge in [0, 0.05) is 12.0 Å². The smallest absolute Gasteiger partial charge is 0.122 e. The van der Waals surface area contributed by atoms with Crippen molar-refractivity contribution in [2.75, 3.05) is 14.2 Å². The number of carbonyl (C=O) groups excluding carboxylic acids is 1. The lowest BCUT2D eigenvalue weighted by Gasteiger charge is -2.13. The molecule has 1 aromatic carbocycles. The van der Waals surface area contributed by atoms with E-state index in [9.17, 15) is 4.79 Å². The van der Waals surface area contributed by atoms with E-state index in [4.69, 9.17) is 9.47 Å². The van der Waals surface area contributed by atoms with Crippen LogP contribution in [0.15, 0.2) is 12.1 Å². The Kier molecular flexibility index (Phi) is 4.16. The standard InChI is InChI=1S/C12H16O3/c1-9-10(5-4-8-13)12(15-3)7-6-11(9)14-2/h6-8H,4-5H2,1-3H3. The SMILES string of the molecule is COc1ccc(OC)c(CCC=O)c1C. The minimum atomic E-state index is 0.504. The predicted octanol–water partition coefficient (Wildman–Crippen LogP) is 2.14. The topological polar surface area (TPSA) is 35.5 Å². The minimum absolute atomic E-state index is 0.504. The molecule has 3 nitrogen and oxygen atoms in total. The van der Waals surface area contributed by atoms with E-state index in [2.05, 4.69) is 0 Å². The molecule has 0 spiro atoms. The normalized spacial score (nSPS) is 9.80. The first-order chi connectivity index (χ1) is 7.24. The summed E-state index contributed by atoms with van der Waals surface area (Å²) in [7, 11) is 3.27. The van der Waals surface area contributed by atoms with Crippen LogP contribution in [0.25, 0.3) is 0 Å². The molecule has 0 heterocycles. The van der Waals surface area contributed by atoms with Gasteiger partial charge in [-0.05, 0) is 31.0 Å². The summed E-state index contributed by atoms with van der Waals surface area (Å²) in [6, 6.07) is 3.74. The van der Waals surface area contributed by atoms with Crippen LogP contribution in [0.2, 0.25) is 0 Å².